The zero-order chi connectivity index (χ0) is 19.9. The van der Waals surface area contributed by atoms with E-state index < -0.39 is 23.8 Å². The molecule has 0 bridgehead atoms. The minimum Gasteiger partial charge on any atom is -0.486 e. The van der Waals surface area contributed by atoms with Crippen LogP contribution in [0.1, 0.15) is 30.6 Å². The van der Waals surface area contributed by atoms with Crippen LogP contribution in [-0.4, -0.2) is 35.6 Å². The third kappa shape index (κ3) is 6.60. The van der Waals surface area contributed by atoms with Crippen LogP contribution in [0.4, 0.5) is 13.2 Å². The molecule has 1 unspecified atom stereocenters. The smallest absolute Gasteiger partial charge is 0.416 e. The summed E-state index contributed by atoms with van der Waals surface area (Å²) in [5.41, 5.74) is 0.147. The maximum absolute atomic E-state index is 12.7. The number of carbonyl (C=O) groups is 1. The van der Waals surface area contributed by atoms with E-state index in [0.717, 1.165) is 17.7 Å². The average molecular weight is 381 g/mol. The summed E-state index contributed by atoms with van der Waals surface area (Å²) < 4.78 is 44.0. The topological polar surface area (TPSA) is 49.8 Å². The minimum atomic E-state index is -4.39. The van der Waals surface area contributed by atoms with E-state index in [1.54, 1.807) is 4.90 Å². The van der Waals surface area contributed by atoms with Crippen LogP contribution < -0.4 is 4.74 Å². The van der Waals surface area contributed by atoms with Gasteiger partial charge in [0.25, 0.3) is 0 Å². The van der Waals surface area contributed by atoms with Crippen molar-refractivity contribution in [3.63, 3.8) is 0 Å². The van der Waals surface area contributed by atoms with Crippen LogP contribution in [0.3, 0.4) is 0 Å². The molecule has 0 fully saturated rings. The molecule has 0 saturated carbocycles. The number of benzene rings is 2. The molecular weight excluding hydrogens is 359 g/mol. The van der Waals surface area contributed by atoms with Crippen LogP contribution in [0.25, 0.3) is 0 Å². The Hall–Kier alpha value is -2.54. The molecular formula is C20H22F3NO3. The van der Waals surface area contributed by atoms with Crippen LogP contribution in [0.2, 0.25) is 0 Å². The van der Waals surface area contributed by atoms with Gasteiger partial charge in [0.05, 0.1) is 12.1 Å². The highest BCUT2D eigenvalue weighted by Gasteiger charge is 2.30. The molecule has 0 spiro atoms. The molecule has 2 aromatic rings. The molecule has 0 aliphatic rings. The van der Waals surface area contributed by atoms with Gasteiger partial charge in [0.1, 0.15) is 11.9 Å². The first-order valence-corrected chi connectivity index (χ1v) is 8.62. The highest BCUT2D eigenvalue weighted by Crippen LogP contribution is 2.32. The van der Waals surface area contributed by atoms with Crippen molar-refractivity contribution in [2.45, 2.75) is 25.6 Å². The first-order valence-electron chi connectivity index (χ1n) is 8.62. The number of likely N-dealkylation sites (N-methyl/N-ethyl adjacent to an activating group) is 1. The molecule has 27 heavy (non-hydrogen) atoms. The Morgan fingerprint density at radius 3 is 2.26 bits per heavy atom. The molecule has 2 aromatic carbocycles. The molecule has 0 radical (unpaired) electrons. The molecule has 0 aliphatic heterocycles. The summed E-state index contributed by atoms with van der Waals surface area (Å²) in [5.74, 6) is -0.574. The van der Waals surface area contributed by atoms with E-state index in [1.165, 1.54) is 12.1 Å². The summed E-state index contributed by atoms with van der Waals surface area (Å²) in [7, 11) is 0. The van der Waals surface area contributed by atoms with Gasteiger partial charge in [0.15, 0.2) is 0 Å². The van der Waals surface area contributed by atoms with Crippen LogP contribution in [0.5, 0.6) is 5.75 Å². The third-order valence-corrected chi connectivity index (χ3v) is 4.14. The predicted molar refractivity (Wildman–Crippen MR) is 95.6 cm³/mol. The summed E-state index contributed by atoms with van der Waals surface area (Å²) in [4.78, 5) is 12.7. The molecule has 2 rings (SSSR count). The predicted octanol–water partition coefficient (Wildman–Crippen LogP) is 4.62. The van der Waals surface area contributed by atoms with Crippen LogP contribution in [0.15, 0.2) is 54.6 Å². The largest absolute Gasteiger partial charge is 0.486 e. The SMILES string of the molecule is CCN(CCC(Oc1ccc(C(F)(F)F)cc1)c1ccccc1)CC(=O)O. The Morgan fingerprint density at radius 2 is 1.74 bits per heavy atom. The maximum atomic E-state index is 12.7. The second-order valence-corrected chi connectivity index (χ2v) is 6.09. The van der Waals surface area contributed by atoms with Gasteiger partial charge >= 0.3 is 12.1 Å². The second-order valence-electron chi connectivity index (χ2n) is 6.09. The zero-order valence-corrected chi connectivity index (χ0v) is 14.9. The molecule has 1 N–H and O–H groups in total. The van der Waals surface area contributed by atoms with Crippen molar-refractivity contribution in [3.8, 4) is 5.75 Å². The Labute approximate surface area is 156 Å². The molecule has 1 atom stereocenters. The summed E-state index contributed by atoms with van der Waals surface area (Å²) in [6, 6.07) is 13.9. The van der Waals surface area contributed by atoms with Gasteiger partial charge in [0.2, 0.25) is 0 Å². The lowest BCUT2D eigenvalue weighted by Crippen LogP contribution is -2.31. The Balaban J connectivity index is 2.12. The number of ether oxygens (including phenoxy) is 1. The minimum absolute atomic E-state index is 0.0711. The number of aliphatic carboxylic acids is 1. The molecule has 7 heteroatoms. The lowest BCUT2D eigenvalue weighted by molar-refractivity contribution is -0.139. The van der Waals surface area contributed by atoms with Crippen LogP contribution in [-0.2, 0) is 11.0 Å². The van der Waals surface area contributed by atoms with E-state index in [2.05, 4.69) is 0 Å². The number of hydrogen-bond donors (Lipinski definition) is 1. The Kier molecular flexibility index (Phi) is 7.24. The quantitative estimate of drug-likeness (QED) is 0.689. The van der Waals surface area contributed by atoms with Crippen molar-refractivity contribution < 1.29 is 27.8 Å². The van der Waals surface area contributed by atoms with Gasteiger partial charge < -0.3 is 9.84 Å². The number of halogens is 3. The third-order valence-electron chi connectivity index (χ3n) is 4.14. The van der Waals surface area contributed by atoms with E-state index in [9.17, 15) is 18.0 Å². The van der Waals surface area contributed by atoms with E-state index >= 15 is 0 Å². The van der Waals surface area contributed by atoms with E-state index in [-0.39, 0.29) is 6.54 Å². The van der Waals surface area contributed by atoms with Gasteiger partial charge in [-0.3, -0.25) is 9.69 Å². The van der Waals surface area contributed by atoms with Crippen molar-refractivity contribution in [2.75, 3.05) is 19.6 Å². The summed E-state index contributed by atoms with van der Waals surface area (Å²) in [6.45, 7) is 2.87. The number of carboxylic acids is 1. The van der Waals surface area contributed by atoms with Crippen LogP contribution >= 0.6 is 0 Å². The van der Waals surface area contributed by atoms with Crippen molar-refractivity contribution >= 4 is 5.97 Å². The van der Waals surface area contributed by atoms with Gasteiger partial charge in [-0.15, -0.1) is 0 Å². The highest BCUT2D eigenvalue weighted by molar-refractivity contribution is 5.69. The molecule has 0 aromatic heterocycles. The normalized spacial score (nSPS) is 12.8. The van der Waals surface area contributed by atoms with Gasteiger partial charge in [0, 0.05) is 13.0 Å². The van der Waals surface area contributed by atoms with Gasteiger partial charge in [-0.1, -0.05) is 37.3 Å². The fourth-order valence-electron chi connectivity index (χ4n) is 2.69. The maximum Gasteiger partial charge on any atom is 0.416 e. The molecule has 0 heterocycles. The van der Waals surface area contributed by atoms with Crippen molar-refractivity contribution in [2.24, 2.45) is 0 Å². The monoisotopic (exact) mass is 381 g/mol. The van der Waals surface area contributed by atoms with E-state index in [0.29, 0.717) is 25.3 Å². The van der Waals surface area contributed by atoms with Gasteiger partial charge in [-0.05, 0) is 36.4 Å². The highest BCUT2D eigenvalue weighted by atomic mass is 19.4. The molecule has 0 amide bonds. The number of nitrogens with zero attached hydrogens (tertiary/aromatic N) is 1. The summed E-state index contributed by atoms with van der Waals surface area (Å²) in [6.07, 6.45) is -4.28. The summed E-state index contributed by atoms with van der Waals surface area (Å²) in [5, 5.41) is 8.96. The number of rotatable bonds is 9. The standard InChI is InChI=1S/C20H22F3NO3/c1-2-24(14-19(25)26)13-12-18(15-6-4-3-5-7-15)27-17-10-8-16(9-11-17)20(21,22)23/h3-11,18H,2,12-14H2,1H3,(H,25,26). The fraction of sp³-hybridized carbons (Fsp3) is 0.350. The Bertz CT molecular complexity index is 718. The van der Waals surface area contributed by atoms with E-state index in [1.807, 2.05) is 37.3 Å². The number of carboxylic acid groups (broad SMARTS) is 1. The van der Waals surface area contributed by atoms with Crippen molar-refractivity contribution in [1.82, 2.24) is 4.90 Å². The fourth-order valence-corrected chi connectivity index (χ4v) is 2.69. The molecule has 4 nitrogen and oxygen atoms in total. The number of hydrogen-bond acceptors (Lipinski definition) is 3. The Morgan fingerprint density at radius 1 is 1.11 bits per heavy atom. The molecule has 0 saturated heterocycles. The van der Waals surface area contributed by atoms with E-state index in [4.69, 9.17) is 9.84 Å². The van der Waals surface area contributed by atoms with Gasteiger partial charge in [-0.2, -0.15) is 13.2 Å². The first-order chi connectivity index (χ1) is 12.8. The second kappa shape index (κ2) is 9.41. The summed E-state index contributed by atoms with van der Waals surface area (Å²) >= 11 is 0. The zero-order valence-electron chi connectivity index (χ0n) is 14.9. The van der Waals surface area contributed by atoms with Crippen molar-refractivity contribution in [3.05, 3.63) is 65.7 Å². The van der Waals surface area contributed by atoms with Crippen LogP contribution in [0, 0.1) is 0 Å². The number of alkyl halides is 3. The first kappa shape index (κ1) is 20.8. The lowest BCUT2D eigenvalue weighted by atomic mass is 10.1. The molecule has 0 aliphatic carbocycles. The molecule has 146 valence electrons. The lowest BCUT2D eigenvalue weighted by Gasteiger charge is -2.24. The van der Waals surface area contributed by atoms with Crippen molar-refractivity contribution in [1.29, 1.82) is 0 Å². The average Bonchev–Trinajstić information content (AvgIpc) is 2.64. The van der Waals surface area contributed by atoms with Gasteiger partial charge in [-0.25, -0.2) is 0 Å².